The zero-order valence-electron chi connectivity index (χ0n) is 13.6. The van der Waals surface area contributed by atoms with Crippen LogP contribution in [0.2, 0.25) is 0 Å². The summed E-state index contributed by atoms with van der Waals surface area (Å²) in [6.07, 6.45) is 1.53. The van der Waals surface area contributed by atoms with Gasteiger partial charge in [-0.15, -0.1) is 0 Å². The lowest BCUT2D eigenvalue weighted by Crippen LogP contribution is -2.36. The fraction of sp³-hybridized carbons (Fsp3) is 0.278. The molecule has 0 aliphatic carbocycles. The number of carbonyl (C=O) groups is 2. The van der Waals surface area contributed by atoms with E-state index in [1.165, 1.54) is 13.1 Å². The fourth-order valence-electron chi connectivity index (χ4n) is 2.25. The van der Waals surface area contributed by atoms with Gasteiger partial charge in [0.15, 0.2) is 0 Å². The Morgan fingerprint density at radius 3 is 2.48 bits per heavy atom. The average molecular weight is 311 g/mol. The summed E-state index contributed by atoms with van der Waals surface area (Å²) in [6, 6.07) is 13.2. The molecule has 0 saturated carbocycles. The lowest BCUT2D eigenvalue weighted by Gasteiger charge is -2.27. The van der Waals surface area contributed by atoms with Crippen molar-refractivity contribution in [2.24, 2.45) is 0 Å². The van der Waals surface area contributed by atoms with Crippen LogP contribution in [0.15, 0.2) is 48.7 Å². The average Bonchev–Trinajstić information content (AvgIpc) is 2.52. The van der Waals surface area contributed by atoms with E-state index in [1.807, 2.05) is 44.2 Å². The van der Waals surface area contributed by atoms with Gasteiger partial charge in [0.1, 0.15) is 5.82 Å². The molecular weight excluding hydrogens is 290 g/mol. The molecular formula is C18H21N3O2. The predicted molar refractivity (Wildman–Crippen MR) is 90.0 cm³/mol. The van der Waals surface area contributed by atoms with E-state index in [0.29, 0.717) is 17.9 Å². The van der Waals surface area contributed by atoms with Gasteiger partial charge in [0, 0.05) is 31.3 Å². The highest BCUT2D eigenvalue weighted by molar-refractivity contribution is 5.96. The fourth-order valence-corrected chi connectivity index (χ4v) is 2.25. The number of hydrogen-bond acceptors (Lipinski definition) is 3. The number of rotatable bonds is 5. The Hall–Kier alpha value is -2.69. The first-order valence-corrected chi connectivity index (χ1v) is 7.56. The molecule has 2 amide bonds. The molecule has 0 aliphatic heterocycles. The molecule has 0 radical (unpaired) electrons. The Labute approximate surface area is 136 Å². The van der Waals surface area contributed by atoms with Crippen molar-refractivity contribution in [3.63, 3.8) is 0 Å². The summed E-state index contributed by atoms with van der Waals surface area (Å²) in [4.78, 5) is 29.8. The van der Waals surface area contributed by atoms with Crippen molar-refractivity contribution in [3.05, 3.63) is 59.8 Å². The second kappa shape index (κ2) is 7.54. The minimum atomic E-state index is -0.216. The number of amides is 2. The summed E-state index contributed by atoms with van der Waals surface area (Å²) in [7, 11) is 0. The van der Waals surface area contributed by atoms with Gasteiger partial charge in [0.25, 0.3) is 5.91 Å². The Balaban J connectivity index is 2.22. The molecule has 0 bridgehead atoms. The number of nitrogens with zero attached hydrogens (tertiary/aromatic N) is 2. The van der Waals surface area contributed by atoms with Gasteiger partial charge in [-0.05, 0) is 31.5 Å². The highest BCUT2D eigenvalue weighted by Crippen LogP contribution is 2.15. The molecule has 1 aromatic carbocycles. The number of nitrogens with one attached hydrogen (secondary N) is 1. The van der Waals surface area contributed by atoms with Gasteiger partial charge < -0.3 is 10.2 Å². The summed E-state index contributed by atoms with van der Waals surface area (Å²) >= 11 is 0. The maximum Gasteiger partial charge on any atom is 0.254 e. The first-order chi connectivity index (χ1) is 11.0. The van der Waals surface area contributed by atoms with Gasteiger partial charge in [-0.3, -0.25) is 9.59 Å². The molecule has 1 aromatic heterocycles. The van der Waals surface area contributed by atoms with Crippen LogP contribution in [0.5, 0.6) is 0 Å². The topological polar surface area (TPSA) is 62.3 Å². The first-order valence-electron chi connectivity index (χ1n) is 7.56. The van der Waals surface area contributed by atoms with Crippen molar-refractivity contribution in [3.8, 4) is 0 Å². The van der Waals surface area contributed by atoms with Crippen LogP contribution in [-0.2, 0) is 11.3 Å². The zero-order valence-corrected chi connectivity index (χ0v) is 13.6. The number of pyridine rings is 1. The molecule has 1 heterocycles. The van der Waals surface area contributed by atoms with E-state index in [0.717, 1.165) is 5.56 Å². The largest absolute Gasteiger partial charge is 0.332 e. The molecule has 5 heteroatoms. The van der Waals surface area contributed by atoms with Crippen LogP contribution >= 0.6 is 0 Å². The van der Waals surface area contributed by atoms with E-state index in [1.54, 1.807) is 17.0 Å². The van der Waals surface area contributed by atoms with Crippen molar-refractivity contribution >= 4 is 17.6 Å². The summed E-state index contributed by atoms with van der Waals surface area (Å²) in [5, 5.41) is 2.60. The maximum atomic E-state index is 12.8. The molecule has 1 N–H and O–H groups in total. The van der Waals surface area contributed by atoms with Gasteiger partial charge in [0.2, 0.25) is 5.91 Å². The smallest absolute Gasteiger partial charge is 0.254 e. The Morgan fingerprint density at radius 2 is 1.87 bits per heavy atom. The summed E-state index contributed by atoms with van der Waals surface area (Å²) in [6.45, 7) is 5.91. The van der Waals surface area contributed by atoms with E-state index in [4.69, 9.17) is 0 Å². The van der Waals surface area contributed by atoms with Crippen molar-refractivity contribution in [1.29, 1.82) is 0 Å². The molecule has 0 aliphatic rings. The second-order valence-electron chi connectivity index (χ2n) is 5.62. The molecule has 0 saturated heterocycles. The third kappa shape index (κ3) is 4.64. The lowest BCUT2D eigenvalue weighted by molar-refractivity contribution is -0.114. The number of carbonyl (C=O) groups excluding carboxylic acids is 2. The number of benzene rings is 1. The maximum absolute atomic E-state index is 12.8. The standard InChI is InChI=1S/C18H21N3O2/c1-13(2)21(12-15-7-5-4-6-8-15)18(23)16-9-10-19-17(11-16)20-14(3)22/h4-11,13H,12H2,1-3H3,(H,19,20,22). The van der Waals surface area contributed by atoms with Crippen LogP contribution in [-0.4, -0.2) is 27.7 Å². The highest BCUT2D eigenvalue weighted by Gasteiger charge is 2.19. The highest BCUT2D eigenvalue weighted by atomic mass is 16.2. The van der Waals surface area contributed by atoms with Crippen molar-refractivity contribution in [1.82, 2.24) is 9.88 Å². The minimum absolute atomic E-state index is 0.0556. The molecule has 120 valence electrons. The van der Waals surface area contributed by atoms with Gasteiger partial charge in [-0.1, -0.05) is 30.3 Å². The summed E-state index contributed by atoms with van der Waals surface area (Å²) < 4.78 is 0. The Kier molecular flexibility index (Phi) is 5.46. The molecule has 0 unspecified atom stereocenters. The molecule has 0 atom stereocenters. The molecule has 2 rings (SSSR count). The molecule has 2 aromatic rings. The van der Waals surface area contributed by atoms with E-state index < -0.39 is 0 Å². The first kappa shape index (κ1) is 16.7. The van der Waals surface area contributed by atoms with E-state index >= 15 is 0 Å². The van der Waals surface area contributed by atoms with E-state index in [9.17, 15) is 9.59 Å². The molecule has 0 spiro atoms. The molecule has 5 nitrogen and oxygen atoms in total. The van der Waals surface area contributed by atoms with Crippen LogP contribution in [0.1, 0.15) is 36.7 Å². The van der Waals surface area contributed by atoms with Crippen molar-refractivity contribution in [2.75, 3.05) is 5.32 Å². The molecule has 23 heavy (non-hydrogen) atoms. The monoisotopic (exact) mass is 311 g/mol. The minimum Gasteiger partial charge on any atom is -0.332 e. The number of anilines is 1. The van der Waals surface area contributed by atoms with Crippen LogP contribution in [0.3, 0.4) is 0 Å². The Bertz CT molecular complexity index is 684. The van der Waals surface area contributed by atoms with Crippen LogP contribution < -0.4 is 5.32 Å². The van der Waals surface area contributed by atoms with Crippen LogP contribution in [0.25, 0.3) is 0 Å². The van der Waals surface area contributed by atoms with Crippen LogP contribution in [0.4, 0.5) is 5.82 Å². The van der Waals surface area contributed by atoms with Crippen molar-refractivity contribution in [2.45, 2.75) is 33.4 Å². The molecule has 0 fully saturated rings. The van der Waals surface area contributed by atoms with Gasteiger partial charge >= 0.3 is 0 Å². The second-order valence-corrected chi connectivity index (χ2v) is 5.62. The third-order valence-corrected chi connectivity index (χ3v) is 3.39. The zero-order chi connectivity index (χ0) is 16.8. The normalized spacial score (nSPS) is 10.4. The van der Waals surface area contributed by atoms with Crippen molar-refractivity contribution < 1.29 is 9.59 Å². The summed E-state index contributed by atoms with van der Waals surface area (Å²) in [5.74, 6) is 0.0803. The number of hydrogen-bond donors (Lipinski definition) is 1. The number of aromatic nitrogens is 1. The van der Waals surface area contributed by atoms with Gasteiger partial charge in [-0.25, -0.2) is 4.98 Å². The SMILES string of the molecule is CC(=O)Nc1cc(C(=O)N(Cc2ccccc2)C(C)C)ccn1. The van der Waals surface area contributed by atoms with Crippen LogP contribution in [0, 0.1) is 0 Å². The van der Waals surface area contributed by atoms with Gasteiger partial charge in [-0.2, -0.15) is 0 Å². The third-order valence-electron chi connectivity index (χ3n) is 3.39. The summed E-state index contributed by atoms with van der Waals surface area (Å²) in [5.41, 5.74) is 1.58. The quantitative estimate of drug-likeness (QED) is 0.923. The van der Waals surface area contributed by atoms with Gasteiger partial charge in [0.05, 0.1) is 0 Å². The van der Waals surface area contributed by atoms with E-state index in [2.05, 4.69) is 10.3 Å². The lowest BCUT2D eigenvalue weighted by atomic mass is 10.1. The van der Waals surface area contributed by atoms with E-state index in [-0.39, 0.29) is 17.9 Å². The Morgan fingerprint density at radius 1 is 1.17 bits per heavy atom. The predicted octanol–water partition coefficient (Wildman–Crippen LogP) is 3.09.